The van der Waals surface area contributed by atoms with Crippen LogP contribution >= 0.6 is 0 Å². The summed E-state index contributed by atoms with van der Waals surface area (Å²) in [7, 11) is 0. The minimum absolute atomic E-state index is 0.000694. The zero-order valence-corrected chi connectivity index (χ0v) is 7.73. The van der Waals surface area contributed by atoms with Crippen LogP contribution in [-0.2, 0) is 0 Å². The van der Waals surface area contributed by atoms with Gasteiger partial charge in [0.1, 0.15) is 12.0 Å². The molecule has 0 amide bonds. The van der Waals surface area contributed by atoms with Crippen LogP contribution < -0.4 is 0 Å². The fourth-order valence-corrected chi connectivity index (χ4v) is 1.13. The van der Waals surface area contributed by atoms with Gasteiger partial charge >= 0.3 is 0 Å². The molecule has 0 aliphatic carbocycles. The third-order valence-electron chi connectivity index (χ3n) is 1.93. The molecule has 0 radical (unpaired) electrons. The molecule has 2 heterocycles. The van der Waals surface area contributed by atoms with Gasteiger partial charge in [0.2, 0.25) is 0 Å². The lowest BCUT2D eigenvalue weighted by Crippen LogP contribution is -2.07. The first-order valence-corrected chi connectivity index (χ1v) is 4.22. The highest BCUT2D eigenvalue weighted by molar-refractivity contribution is 5.78. The van der Waals surface area contributed by atoms with Crippen LogP contribution in [0.25, 0.3) is 6.08 Å². The second-order valence-corrected chi connectivity index (χ2v) is 3.71. The van der Waals surface area contributed by atoms with Crippen molar-refractivity contribution in [3.63, 3.8) is 0 Å². The molecule has 1 aliphatic heterocycles. The first-order chi connectivity index (χ1) is 6.17. The highest BCUT2D eigenvalue weighted by Gasteiger charge is 2.13. The first kappa shape index (κ1) is 8.10. The van der Waals surface area contributed by atoms with Crippen molar-refractivity contribution in [3.05, 3.63) is 24.3 Å². The predicted octanol–water partition coefficient (Wildman–Crippen LogP) is 2.23. The molecule has 0 saturated heterocycles. The Hall–Kier alpha value is -1.51. The van der Waals surface area contributed by atoms with Crippen molar-refractivity contribution in [1.82, 2.24) is 9.97 Å². The summed E-state index contributed by atoms with van der Waals surface area (Å²) in [6.45, 7) is 4.21. The van der Waals surface area contributed by atoms with Gasteiger partial charge in [-0.3, -0.25) is 4.99 Å². The van der Waals surface area contributed by atoms with Gasteiger partial charge in [-0.15, -0.1) is 0 Å². The normalized spacial score (nSPS) is 18.0. The quantitative estimate of drug-likeness (QED) is 0.603. The monoisotopic (exact) mass is 173 g/mol. The van der Waals surface area contributed by atoms with E-state index >= 15 is 0 Å². The molecule has 1 aliphatic rings. The van der Waals surface area contributed by atoms with Crippen LogP contribution in [0.5, 0.6) is 0 Å². The zero-order chi connectivity index (χ0) is 9.31. The molecule has 0 saturated carbocycles. The van der Waals surface area contributed by atoms with Crippen LogP contribution in [0.15, 0.2) is 23.6 Å². The lowest BCUT2D eigenvalue weighted by Gasteiger charge is -2.10. The van der Waals surface area contributed by atoms with E-state index in [-0.39, 0.29) is 5.41 Å². The third-order valence-corrected chi connectivity index (χ3v) is 1.93. The molecule has 0 atom stereocenters. The van der Waals surface area contributed by atoms with Gasteiger partial charge in [-0.1, -0.05) is 19.9 Å². The van der Waals surface area contributed by atoms with Crippen molar-refractivity contribution in [3.8, 4) is 0 Å². The average molecular weight is 173 g/mol. The van der Waals surface area contributed by atoms with Gasteiger partial charge in [0.25, 0.3) is 0 Å². The van der Waals surface area contributed by atoms with Gasteiger partial charge < -0.3 is 0 Å². The largest absolute Gasteiger partial charge is 0.256 e. The molecule has 0 spiro atoms. The van der Waals surface area contributed by atoms with E-state index in [0.29, 0.717) is 0 Å². The van der Waals surface area contributed by atoms with Crippen LogP contribution in [0.3, 0.4) is 0 Å². The number of rotatable bonds is 0. The molecule has 3 heteroatoms. The summed E-state index contributed by atoms with van der Waals surface area (Å²) in [6.07, 6.45) is 9.26. The predicted molar refractivity (Wildman–Crippen MR) is 53.0 cm³/mol. The fourth-order valence-electron chi connectivity index (χ4n) is 1.13. The van der Waals surface area contributed by atoms with Crippen LogP contribution in [0.1, 0.15) is 19.5 Å². The van der Waals surface area contributed by atoms with E-state index in [9.17, 15) is 0 Å². The summed E-state index contributed by atoms with van der Waals surface area (Å²) >= 11 is 0. The minimum Gasteiger partial charge on any atom is -0.256 e. The van der Waals surface area contributed by atoms with Gasteiger partial charge in [0, 0.05) is 11.6 Å². The maximum atomic E-state index is 4.33. The molecule has 1 aromatic rings. The zero-order valence-electron chi connectivity index (χ0n) is 7.73. The lowest BCUT2D eigenvalue weighted by atomic mass is 9.95. The van der Waals surface area contributed by atoms with E-state index < -0.39 is 0 Å². The Labute approximate surface area is 77.3 Å². The average Bonchev–Trinajstić information content (AvgIpc) is 2.27. The van der Waals surface area contributed by atoms with Gasteiger partial charge in [-0.05, 0) is 6.08 Å². The summed E-state index contributed by atoms with van der Waals surface area (Å²) in [5, 5.41) is 0. The number of allylic oxidation sites excluding steroid dienone is 1. The van der Waals surface area contributed by atoms with Crippen LogP contribution in [-0.4, -0.2) is 16.2 Å². The number of hydrogen-bond donors (Lipinski definition) is 0. The molecule has 66 valence electrons. The van der Waals surface area contributed by atoms with Gasteiger partial charge in [-0.2, -0.15) is 0 Å². The molecular formula is C10H11N3. The SMILES string of the molecule is CC1(C)C=Cc2ncncc2N=C1. The number of hydrogen-bond acceptors (Lipinski definition) is 3. The molecule has 1 aromatic heterocycles. The number of fused-ring (bicyclic) bond motifs is 1. The van der Waals surface area contributed by atoms with Crippen LogP contribution in [0.2, 0.25) is 0 Å². The van der Waals surface area contributed by atoms with Crippen molar-refractivity contribution in [2.45, 2.75) is 13.8 Å². The molecule has 0 fully saturated rings. The third kappa shape index (κ3) is 1.64. The Bertz CT molecular complexity index is 343. The topological polar surface area (TPSA) is 38.1 Å². The van der Waals surface area contributed by atoms with E-state index in [0.717, 1.165) is 11.4 Å². The Morgan fingerprint density at radius 2 is 2.15 bits per heavy atom. The first-order valence-electron chi connectivity index (χ1n) is 4.22. The highest BCUT2D eigenvalue weighted by atomic mass is 14.9. The van der Waals surface area contributed by atoms with E-state index in [1.54, 1.807) is 6.20 Å². The summed E-state index contributed by atoms with van der Waals surface area (Å²) in [5.41, 5.74) is 1.72. The molecule has 13 heavy (non-hydrogen) atoms. The maximum Gasteiger partial charge on any atom is 0.116 e. The molecular weight excluding hydrogens is 162 g/mol. The second kappa shape index (κ2) is 2.76. The van der Waals surface area contributed by atoms with Crippen LogP contribution in [0, 0.1) is 5.41 Å². The van der Waals surface area contributed by atoms with Crippen molar-refractivity contribution in [1.29, 1.82) is 0 Å². The van der Waals surface area contributed by atoms with E-state index in [1.807, 2.05) is 12.3 Å². The Balaban J connectivity index is 2.53. The van der Waals surface area contributed by atoms with Gasteiger partial charge in [-0.25, -0.2) is 9.97 Å². The molecule has 0 N–H and O–H groups in total. The van der Waals surface area contributed by atoms with E-state index in [1.165, 1.54) is 6.33 Å². The highest BCUT2D eigenvalue weighted by Crippen LogP contribution is 2.25. The Morgan fingerprint density at radius 3 is 3.00 bits per heavy atom. The summed E-state index contributed by atoms with van der Waals surface area (Å²) < 4.78 is 0. The van der Waals surface area contributed by atoms with E-state index in [2.05, 4.69) is 34.9 Å². The molecule has 0 unspecified atom stereocenters. The molecule has 2 rings (SSSR count). The maximum absolute atomic E-state index is 4.33. The van der Waals surface area contributed by atoms with Crippen LogP contribution in [0.4, 0.5) is 5.69 Å². The standard InChI is InChI=1S/C10H11N3/c1-10(2)4-3-8-9(12-6-10)5-11-7-13-8/h3-7H,1-2H3. The van der Waals surface area contributed by atoms with Crippen molar-refractivity contribution < 1.29 is 0 Å². The summed E-state index contributed by atoms with van der Waals surface area (Å²) in [5.74, 6) is 0. The number of nitrogens with zero attached hydrogens (tertiary/aromatic N) is 3. The Kier molecular flexibility index (Phi) is 1.72. The fraction of sp³-hybridized carbons (Fsp3) is 0.300. The Morgan fingerprint density at radius 1 is 1.31 bits per heavy atom. The van der Waals surface area contributed by atoms with Crippen molar-refractivity contribution >= 4 is 18.0 Å². The minimum atomic E-state index is 0.000694. The van der Waals surface area contributed by atoms with Gasteiger partial charge in [0.15, 0.2) is 0 Å². The summed E-state index contributed by atoms with van der Waals surface area (Å²) in [6, 6.07) is 0. The van der Waals surface area contributed by atoms with Crippen molar-refractivity contribution in [2.24, 2.45) is 10.4 Å². The smallest absolute Gasteiger partial charge is 0.116 e. The van der Waals surface area contributed by atoms with Gasteiger partial charge in [0.05, 0.1) is 11.9 Å². The number of aromatic nitrogens is 2. The van der Waals surface area contributed by atoms with Crippen molar-refractivity contribution in [2.75, 3.05) is 0 Å². The lowest BCUT2D eigenvalue weighted by molar-refractivity contribution is 0.699. The molecule has 3 nitrogen and oxygen atoms in total. The summed E-state index contributed by atoms with van der Waals surface area (Å²) in [4.78, 5) is 12.4. The molecule has 0 aromatic carbocycles. The molecule has 0 bridgehead atoms. The number of aliphatic imine (C=N–C) groups is 1. The second-order valence-electron chi connectivity index (χ2n) is 3.71. The van der Waals surface area contributed by atoms with E-state index in [4.69, 9.17) is 0 Å².